The van der Waals surface area contributed by atoms with Crippen molar-refractivity contribution < 1.29 is 9.59 Å². The zero-order valence-electron chi connectivity index (χ0n) is 14.3. The van der Waals surface area contributed by atoms with Crippen LogP contribution in [0.25, 0.3) is 0 Å². The first-order valence-corrected chi connectivity index (χ1v) is 9.14. The highest BCUT2D eigenvalue weighted by molar-refractivity contribution is 9.10. The minimum atomic E-state index is -1.27. The van der Waals surface area contributed by atoms with E-state index in [2.05, 4.69) is 21.2 Å². The van der Waals surface area contributed by atoms with Gasteiger partial charge in [0.1, 0.15) is 0 Å². The van der Waals surface area contributed by atoms with Gasteiger partial charge in [-0.05, 0) is 23.8 Å². The Bertz CT molecular complexity index is 998. The van der Waals surface area contributed by atoms with Crippen LogP contribution >= 0.6 is 15.9 Å². The Morgan fingerprint density at radius 1 is 0.926 bits per heavy atom. The molecule has 0 bridgehead atoms. The molecule has 27 heavy (non-hydrogen) atoms. The third-order valence-electron chi connectivity index (χ3n) is 4.06. The molecule has 0 fully saturated rings. The number of rotatable bonds is 6. The molecule has 5 nitrogen and oxygen atoms in total. The molecule has 0 unspecified atom stereocenters. The molecular formula is C21H17BrN2O3. The van der Waals surface area contributed by atoms with Crippen molar-refractivity contribution >= 4 is 27.6 Å². The number of hydrogen-bond acceptors (Lipinski definition) is 3. The SMILES string of the molecule is O=C(NCc1ccccc1)[C@@H](C(=O)c1ccc(Br)cc1)n1ccccc1=O. The summed E-state index contributed by atoms with van der Waals surface area (Å²) in [6.45, 7) is 0.269. The fourth-order valence-electron chi connectivity index (χ4n) is 2.68. The summed E-state index contributed by atoms with van der Waals surface area (Å²) < 4.78 is 1.98. The summed E-state index contributed by atoms with van der Waals surface area (Å²) in [5.74, 6) is -0.971. The van der Waals surface area contributed by atoms with Crippen LogP contribution in [0, 0.1) is 0 Å². The van der Waals surface area contributed by atoms with E-state index in [4.69, 9.17) is 0 Å². The number of nitrogens with one attached hydrogen (secondary N) is 1. The van der Waals surface area contributed by atoms with E-state index in [0.717, 1.165) is 14.6 Å². The van der Waals surface area contributed by atoms with E-state index in [-0.39, 0.29) is 6.54 Å². The predicted octanol–water partition coefficient (Wildman–Crippen LogP) is 3.35. The van der Waals surface area contributed by atoms with Crippen molar-refractivity contribution in [3.63, 3.8) is 0 Å². The third kappa shape index (κ3) is 4.60. The van der Waals surface area contributed by atoms with Gasteiger partial charge in [-0.25, -0.2) is 0 Å². The summed E-state index contributed by atoms with van der Waals surface area (Å²) in [5.41, 5.74) is 0.845. The van der Waals surface area contributed by atoms with Gasteiger partial charge >= 0.3 is 0 Å². The van der Waals surface area contributed by atoms with Crippen LogP contribution in [0.2, 0.25) is 0 Å². The van der Waals surface area contributed by atoms with Crippen LogP contribution < -0.4 is 10.9 Å². The largest absolute Gasteiger partial charge is 0.350 e. The summed E-state index contributed by atoms with van der Waals surface area (Å²) in [6.07, 6.45) is 1.45. The number of nitrogens with zero attached hydrogens (tertiary/aromatic N) is 1. The molecule has 0 radical (unpaired) electrons. The van der Waals surface area contributed by atoms with Crippen LogP contribution in [0.1, 0.15) is 22.0 Å². The van der Waals surface area contributed by atoms with Gasteiger partial charge in [0, 0.05) is 28.8 Å². The van der Waals surface area contributed by atoms with Crippen LogP contribution in [0.4, 0.5) is 0 Å². The maximum atomic E-state index is 13.0. The molecule has 2 aromatic carbocycles. The second-order valence-electron chi connectivity index (χ2n) is 5.92. The molecular weight excluding hydrogens is 408 g/mol. The molecule has 0 saturated heterocycles. The molecule has 1 atom stereocenters. The van der Waals surface area contributed by atoms with Crippen LogP contribution in [-0.2, 0) is 11.3 Å². The standard InChI is InChI=1S/C21H17BrN2O3/c22-17-11-9-16(10-12-17)20(26)19(24-13-5-4-8-18(24)25)21(27)23-14-15-6-2-1-3-7-15/h1-13,19H,14H2,(H,23,27)/t19-/m1/s1. The maximum absolute atomic E-state index is 13.0. The zero-order chi connectivity index (χ0) is 19.2. The highest BCUT2D eigenvalue weighted by Crippen LogP contribution is 2.17. The second-order valence-corrected chi connectivity index (χ2v) is 6.84. The van der Waals surface area contributed by atoms with Crippen LogP contribution in [0.3, 0.4) is 0 Å². The number of hydrogen-bond donors (Lipinski definition) is 1. The molecule has 0 aliphatic rings. The van der Waals surface area contributed by atoms with Gasteiger partial charge in [-0.1, -0.05) is 64.5 Å². The van der Waals surface area contributed by atoms with E-state index < -0.39 is 23.3 Å². The lowest BCUT2D eigenvalue weighted by molar-refractivity contribution is -0.123. The molecule has 3 aromatic rings. The van der Waals surface area contributed by atoms with Gasteiger partial charge in [0.05, 0.1) is 0 Å². The number of Topliss-reactive ketones (excluding diaryl/α,β-unsaturated/α-hetero) is 1. The summed E-state index contributed by atoms with van der Waals surface area (Å²) in [7, 11) is 0. The van der Waals surface area contributed by atoms with Gasteiger partial charge in [-0.15, -0.1) is 0 Å². The first kappa shape index (κ1) is 18.8. The molecule has 1 aromatic heterocycles. The smallest absolute Gasteiger partial charge is 0.251 e. The van der Waals surface area contributed by atoms with E-state index in [1.807, 2.05) is 30.3 Å². The van der Waals surface area contributed by atoms with E-state index in [0.29, 0.717) is 5.56 Å². The molecule has 0 aliphatic heterocycles. The molecule has 136 valence electrons. The number of carbonyl (C=O) groups is 2. The van der Waals surface area contributed by atoms with Crippen molar-refractivity contribution in [2.24, 2.45) is 0 Å². The van der Waals surface area contributed by atoms with E-state index >= 15 is 0 Å². The van der Waals surface area contributed by atoms with Crippen LogP contribution in [0.15, 0.2) is 88.3 Å². The van der Waals surface area contributed by atoms with Crippen molar-refractivity contribution in [2.75, 3.05) is 0 Å². The quantitative estimate of drug-likeness (QED) is 0.487. The van der Waals surface area contributed by atoms with Crippen molar-refractivity contribution in [3.8, 4) is 0 Å². The Hall–Kier alpha value is -2.99. The average molecular weight is 425 g/mol. The van der Waals surface area contributed by atoms with Crippen LogP contribution in [-0.4, -0.2) is 16.3 Å². The van der Waals surface area contributed by atoms with Crippen LogP contribution in [0.5, 0.6) is 0 Å². The zero-order valence-corrected chi connectivity index (χ0v) is 15.9. The minimum absolute atomic E-state index is 0.269. The first-order valence-electron chi connectivity index (χ1n) is 8.35. The number of ketones is 1. The van der Waals surface area contributed by atoms with Gasteiger partial charge in [0.25, 0.3) is 11.5 Å². The van der Waals surface area contributed by atoms with Gasteiger partial charge in [0.2, 0.25) is 0 Å². The summed E-state index contributed by atoms with van der Waals surface area (Å²) >= 11 is 3.32. The molecule has 1 heterocycles. The number of benzene rings is 2. The summed E-state index contributed by atoms with van der Waals surface area (Å²) in [6, 6.07) is 19.3. The fraction of sp³-hybridized carbons (Fsp3) is 0.0952. The average Bonchev–Trinajstić information content (AvgIpc) is 2.69. The summed E-state index contributed by atoms with van der Waals surface area (Å²) in [4.78, 5) is 38.1. The number of aromatic nitrogens is 1. The number of amides is 1. The lowest BCUT2D eigenvalue weighted by Crippen LogP contribution is -2.41. The van der Waals surface area contributed by atoms with E-state index in [9.17, 15) is 14.4 Å². The Balaban J connectivity index is 1.91. The molecule has 6 heteroatoms. The molecule has 1 amide bonds. The van der Waals surface area contributed by atoms with Crippen molar-refractivity contribution in [1.82, 2.24) is 9.88 Å². The lowest BCUT2D eigenvalue weighted by Gasteiger charge is -2.18. The monoisotopic (exact) mass is 424 g/mol. The Morgan fingerprint density at radius 3 is 2.26 bits per heavy atom. The van der Waals surface area contributed by atoms with Gasteiger partial charge < -0.3 is 5.32 Å². The van der Waals surface area contributed by atoms with Crippen molar-refractivity contribution in [3.05, 3.63) is 105 Å². The topological polar surface area (TPSA) is 68.2 Å². The lowest BCUT2D eigenvalue weighted by atomic mass is 10.0. The van der Waals surface area contributed by atoms with E-state index in [1.165, 1.54) is 12.3 Å². The van der Waals surface area contributed by atoms with Crippen molar-refractivity contribution in [2.45, 2.75) is 12.6 Å². The van der Waals surface area contributed by atoms with Crippen molar-refractivity contribution in [1.29, 1.82) is 0 Å². The summed E-state index contributed by atoms with van der Waals surface area (Å²) in [5, 5.41) is 2.76. The number of pyridine rings is 1. The number of carbonyl (C=O) groups excluding carboxylic acids is 2. The molecule has 0 saturated carbocycles. The minimum Gasteiger partial charge on any atom is -0.350 e. The molecule has 1 N–H and O–H groups in total. The third-order valence-corrected chi connectivity index (χ3v) is 4.59. The van der Waals surface area contributed by atoms with Gasteiger partial charge in [-0.2, -0.15) is 0 Å². The second kappa shape index (κ2) is 8.60. The molecule has 3 rings (SSSR count). The Morgan fingerprint density at radius 2 is 1.59 bits per heavy atom. The fourth-order valence-corrected chi connectivity index (χ4v) is 2.94. The normalized spacial score (nSPS) is 11.6. The highest BCUT2D eigenvalue weighted by atomic mass is 79.9. The van der Waals surface area contributed by atoms with Gasteiger partial charge in [-0.3, -0.25) is 19.0 Å². The van der Waals surface area contributed by atoms with Gasteiger partial charge in [0.15, 0.2) is 11.8 Å². The molecule has 0 spiro atoms. The highest BCUT2D eigenvalue weighted by Gasteiger charge is 2.29. The Labute approximate surface area is 164 Å². The maximum Gasteiger partial charge on any atom is 0.251 e. The van der Waals surface area contributed by atoms with E-state index in [1.54, 1.807) is 36.4 Å². The number of halogens is 1. The Kier molecular flexibility index (Phi) is 5.98. The molecule has 0 aliphatic carbocycles. The first-order chi connectivity index (χ1) is 13.1. The predicted molar refractivity (Wildman–Crippen MR) is 107 cm³/mol.